The van der Waals surface area contributed by atoms with E-state index in [0.717, 1.165) is 0 Å². The molecule has 0 aromatic heterocycles. The molecule has 2 aromatic rings. The standard InChI is InChI=1S/C26H27NO9/c1-10-21(29)15(27)7-17(35-10)36-16-9-26(34,11(2)28)8-14-18(16)25(33)20-19(24(14)32)22(30)12-5-3-4-6-13(12)23(20)31/h3-6,10,15-17,21,29,32-34H,7-9,27H2,1-2H3/t10-,15-,16-,17+,21-,26-/m0/s1. The fourth-order valence-electron chi connectivity index (χ4n) is 5.42. The van der Waals surface area contributed by atoms with E-state index < -0.39 is 71.5 Å². The van der Waals surface area contributed by atoms with Crippen LogP contribution in [0, 0.1) is 0 Å². The molecule has 0 spiro atoms. The van der Waals surface area contributed by atoms with Crippen LogP contribution in [0.5, 0.6) is 11.5 Å². The molecule has 36 heavy (non-hydrogen) atoms. The van der Waals surface area contributed by atoms with Crippen LogP contribution in [-0.4, -0.2) is 67.9 Å². The molecule has 0 amide bonds. The monoisotopic (exact) mass is 497 g/mol. The third kappa shape index (κ3) is 3.56. The van der Waals surface area contributed by atoms with Crippen molar-refractivity contribution in [2.24, 2.45) is 5.73 Å². The predicted molar refractivity (Wildman–Crippen MR) is 124 cm³/mol. The number of hydrogen-bond acceptors (Lipinski definition) is 10. The van der Waals surface area contributed by atoms with E-state index in [1.54, 1.807) is 19.1 Å². The molecule has 1 saturated heterocycles. The topological polar surface area (TPSA) is 177 Å². The number of rotatable bonds is 3. The molecule has 0 unspecified atom stereocenters. The maximum atomic E-state index is 13.3. The second-order valence-corrected chi connectivity index (χ2v) is 9.80. The molecule has 0 bridgehead atoms. The Morgan fingerprint density at radius 1 is 1.11 bits per heavy atom. The van der Waals surface area contributed by atoms with E-state index in [0.29, 0.717) is 0 Å². The van der Waals surface area contributed by atoms with Crippen molar-refractivity contribution in [2.45, 2.75) is 69.4 Å². The number of aliphatic hydroxyl groups is 2. The molecule has 3 aliphatic rings. The summed E-state index contributed by atoms with van der Waals surface area (Å²) >= 11 is 0. The lowest BCUT2D eigenvalue weighted by molar-refractivity contribution is -0.247. The van der Waals surface area contributed by atoms with Gasteiger partial charge in [0.05, 0.1) is 29.4 Å². The SMILES string of the molecule is CC(=O)[C@]1(O)Cc2c(O)c3c(c(O)c2[C@@H](O[C@@H]2C[C@H](N)[C@@H](O)[C@H](C)O2)C1)C(=O)c1ccccc1C3=O. The quantitative estimate of drug-likeness (QED) is 0.328. The van der Waals surface area contributed by atoms with Gasteiger partial charge in [0, 0.05) is 47.6 Å². The first-order valence-electron chi connectivity index (χ1n) is 11.7. The zero-order valence-electron chi connectivity index (χ0n) is 19.7. The molecule has 1 heterocycles. The van der Waals surface area contributed by atoms with E-state index in [2.05, 4.69) is 0 Å². The van der Waals surface area contributed by atoms with Crippen molar-refractivity contribution < 1.29 is 44.3 Å². The second-order valence-electron chi connectivity index (χ2n) is 9.80. The van der Waals surface area contributed by atoms with Gasteiger partial charge in [0.25, 0.3) is 0 Å². The van der Waals surface area contributed by atoms with E-state index in [4.69, 9.17) is 15.2 Å². The third-order valence-corrected chi connectivity index (χ3v) is 7.50. The number of aromatic hydroxyl groups is 2. The van der Waals surface area contributed by atoms with E-state index >= 15 is 0 Å². The van der Waals surface area contributed by atoms with Gasteiger partial charge < -0.3 is 35.6 Å². The highest BCUT2D eigenvalue weighted by atomic mass is 16.7. The number of carbonyl (C=O) groups is 3. The summed E-state index contributed by atoms with van der Waals surface area (Å²) in [4.78, 5) is 39.0. The summed E-state index contributed by atoms with van der Waals surface area (Å²) in [5.74, 6) is -3.06. The molecule has 2 aromatic carbocycles. The lowest BCUT2D eigenvalue weighted by atomic mass is 9.72. The van der Waals surface area contributed by atoms with Crippen molar-refractivity contribution in [3.8, 4) is 11.5 Å². The molecule has 1 aliphatic heterocycles. The van der Waals surface area contributed by atoms with E-state index in [-0.39, 0.29) is 46.2 Å². The molecule has 10 nitrogen and oxygen atoms in total. The van der Waals surface area contributed by atoms with Crippen LogP contribution in [0.1, 0.15) is 75.8 Å². The first kappa shape index (κ1) is 24.5. The van der Waals surface area contributed by atoms with Crippen LogP contribution < -0.4 is 5.73 Å². The Labute approximate surface area is 206 Å². The van der Waals surface area contributed by atoms with E-state index in [1.807, 2.05) is 0 Å². The molecule has 2 aliphatic carbocycles. The molecular weight excluding hydrogens is 470 g/mol. The number of hydrogen-bond donors (Lipinski definition) is 5. The first-order chi connectivity index (χ1) is 16.9. The van der Waals surface area contributed by atoms with Gasteiger partial charge in [0.2, 0.25) is 0 Å². The number of phenolic OH excluding ortho intramolecular Hbond substituents is 2. The third-order valence-electron chi connectivity index (χ3n) is 7.50. The van der Waals surface area contributed by atoms with Gasteiger partial charge in [-0.2, -0.15) is 0 Å². The van der Waals surface area contributed by atoms with Crippen molar-refractivity contribution in [3.63, 3.8) is 0 Å². The van der Waals surface area contributed by atoms with Crippen LogP contribution in [0.15, 0.2) is 24.3 Å². The molecule has 1 fully saturated rings. The summed E-state index contributed by atoms with van der Waals surface area (Å²) in [6, 6.07) is 5.40. The largest absolute Gasteiger partial charge is 0.507 e. The minimum atomic E-state index is -1.97. The van der Waals surface area contributed by atoms with Crippen LogP contribution in [0.2, 0.25) is 0 Å². The zero-order chi connectivity index (χ0) is 26.1. The summed E-state index contributed by atoms with van der Waals surface area (Å²) < 4.78 is 11.8. The molecule has 6 atom stereocenters. The number of aliphatic hydroxyl groups excluding tert-OH is 1. The number of phenols is 2. The number of carbonyl (C=O) groups excluding carboxylic acids is 3. The van der Waals surface area contributed by atoms with Gasteiger partial charge in [-0.1, -0.05) is 24.3 Å². The van der Waals surface area contributed by atoms with Crippen LogP contribution >= 0.6 is 0 Å². The molecule has 190 valence electrons. The number of Topliss-reactive ketones (excluding diaryl/α,β-unsaturated/α-hetero) is 1. The molecule has 10 heteroatoms. The predicted octanol–water partition coefficient (Wildman–Crippen LogP) is 1.02. The smallest absolute Gasteiger partial charge is 0.198 e. The Kier molecular flexibility index (Phi) is 5.77. The average molecular weight is 498 g/mol. The number of benzene rings is 2. The Bertz CT molecular complexity index is 1290. The van der Waals surface area contributed by atoms with Crippen molar-refractivity contribution in [3.05, 3.63) is 57.6 Å². The summed E-state index contributed by atoms with van der Waals surface area (Å²) in [6.07, 6.45) is -4.38. The summed E-state index contributed by atoms with van der Waals surface area (Å²) in [5.41, 5.74) is 3.38. The average Bonchev–Trinajstić information content (AvgIpc) is 2.82. The van der Waals surface area contributed by atoms with Gasteiger partial charge >= 0.3 is 0 Å². The maximum absolute atomic E-state index is 13.3. The lowest BCUT2D eigenvalue weighted by Crippen LogP contribution is -2.52. The van der Waals surface area contributed by atoms with Gasteiger partial charge in [0.1, 0.15) is 17.1 Å². The fraction of sp³-hybridized carbons (Fsp3) is 0.423. The van der Waals surface area contributed by atoms with Crippen LogP contribution in [0.3, 0.4) is 0 Å². The molecular formula is C26H27NO9. The van der Waals surface area contributed by atoms with Crippen molar-refractivity contribution in [1.29, 1.82) is 0 Å². The second kappa shape index (κ2) is 8.46. The number of nitrogens with two attached hydrogens (primary N) is 1. The van der Waals surface area contributed by atoms with Crippen molar-refractivity contribution in [1.82, 2.24) is 0 Å². The normalized spacial score (nSPS) is 31.4. The minimum Gasteiger partial charge on any atom is -0.507 e. The van der Waals surface area contributed by atoms with Gasteiger partial charge in [-0.15, -0.1) is 0 Å². The Morgan fingerprint density at radius 3 is 2.25 bits per heavy atom. The highest BCUT2D eigenvalue weighted by Gasteiger charge is 2.49. The Hall–Kier alpha value is -3.15. The Balaban J connectivity index is 1.66. The van der Waals surface area contributed by atoms with Gasteiger partial charge in [-0.25, -0.2) is 0 Å². The molecule has 6 N–H and O–H groups in total. The van der Waals surface area contributed by atoms with Gasteiger partial charge in [-0.05, 0) is 13.8 Å². The zero-order valence-corrected chi connectivity index (χ0v) is 19.7. The molecule has 0 radical (unpaired) electrons. The highest BCUT2D eigenvalue weighted by molar-refractivity contribution is 6.30. The summed E-state index contributed by atoms with van der Waals surface area (Å²) in [5, 5.41) is 43.8. The maximum Gasteiger partial charge on any atom is 0.198 e. The molecule has 0 saturated carbocycles. The summed E-state index contributed by atoms with van der Waals surface area (Å²) in [7, 11) is 0. The van der Waals surface area contributed by atoms with Gasteiger partial charge in [0.15, 0.2) is 23.6 Å². The van der Waals surface area contributed by atoms with Crippen LogP contribution in [-0.2, 0) is 20.7 Å². The number of ether oxygens (including phenoxy) is 2. The van der Waals surface area contributed by atoms with Crippen molar-refractivity contribution in [2.75, 3.05) is 0 Å². The van der Waals surface area contributed by atoms with E-state index in [9.17, 15) is 34.8 Å². The van der Waals surface area contributed by atoms with Crippen molar-refractivity contribution >= 4 is 17.3 Å². The van der Waals surface area contributed by atoms with Crippen LogP contribution in [0.25, 0.3) is 0 Å². The number of ketones is 3. The number of fused-ring (bicyclic) bond motifs is 3. The molecule has 5 rings (SSSR count). The Morgan fingerprint density at radius 2 is 1.69 bits per heavy atom. The fourth-order valence-corrected chi connectivity index (χ4v) is 5.42. The van der Waals surface area contributed by atoms with Crippen LogP contribution in [0.4, 0.5) is 0 Å². The highest BCUT2D eigenvalue weighted by Crippen LogP contribution is 2.51. The first-order valence-corrected chi connectivity index (χ1v) is 11.7. The van der Waals surface area contributed by atoms with Gasteiger partial charge in [-0.3, -0.25) is 14.4 Å². The summed E-state index contributed by atoms with van der Waals surface area (Å²) in [6.45, 7) is 2.80. The lowest BCUT2D eigenvalue weighted by Gasteiger charge is -2.42. The minimum absolute atomic E-state index is 0.00588. The van der Waals surface area contributed by atoms with E-state index in [1.165, 1.54) is 19.1 Å².